The Balaban J connectivity index is 1.37. The number of carbonyl (C=O) groups is 1. The number of aromatic nitrogens is 3. The lowest BCUT2D eigenvalue weighted by Gasteiger charge is -2.33. The monoisotopic (exact) mass is 660 g/mol. The summed E-state index contributed by atoms with van der Waals surface area (Å²) in [6.07, 6.45) is -6.84. The van der Waals surface area contributed by atoms with Gasteiger partial charge in [0.1, 0.15) is 17.3 Å². The smallest absolute Gasteiger partial charge is 0.419 e. The van der Waals surface area contributed by atoms with Crippen LogP contribution in [0.2, 0.25) is 0 Å². The van der Waals surface area contributed by atoms with Crippen LogP contribution in [0, 0.1) is 11.8 Å². The fourth-order valence-corrected chi connectivity index (χ4v) is 6.47. The van der Waals surface area contributed by atoms with Crippen molar-refractivity contribution in [1.29, 1.82) is 0 Å². The highest BCUT2D eigenvalue weighted by atomic mass is 32.1. The van der Waals surface area contributed by atoms with E-state index in [0.29, 0.717) is 36.6 Å². The minimum atomic E-state index is -4.75. The number of halogens is 6. The molecule has 0 aliphatic carbocycles. The Morgan fingerprint density at radius 1 is 1.09 bits per heavy atom. The van der Waals surface area contributed by atoms with E-state index in [2.05, 4.69) is 20.3 Å². The van der Waals surface area contributed by atoms with Gasteiger partial charge in [-0.25, -0.2) is 15.0 Å². The van der Waals surface area contributed by atoms with Crippen LogP contribution in [-0.4, -0.2) is 81.7 Å². The second kappa shape index (κ2) is 13.1. The van der Waals surface area contributed by atoms with E-state index in [4.69, 9.17) is 4.74 Å². The fraction of sp³-hybridized carbons (Fsp3) is 0.500. The molecule has 0 spiro atoms. The number of nitrogens with one attached hydrogen (secondary N) is 1. The van der Waals surface area contributed by atoms with E-state index in [-0.39, 0.29) is 54.1 Å². The number of anilines is 2. The standard InChI is InChI=1S/C28H30F6N6O4S/c1-44-20-3-2-16(10-18(20)28(32,33)34)23-21(14-39-7-6-17(13-39)27(29,30)31)45-26(37-23)38-24(41)19-11-36-22(12-35-19)40-8-4-15(5-9-40)25(42)43/h2-3,10-12,15,17,25,42-43H,4-9,13-14H2,1H3,(H,37,38,41). The Hall–Kier alpha value is -3.54. The maximum Gasteiger partial charge on any atom is 0.419 e. The molecule has 1 amide bonds. The molecule has 2 aromatic heterocycles. The van der Waals surface area contributed by atoms with Gasteiger partial charge in [-0.1, -0.05) is 11.3 Å². The molecule has 244 valence electrons. The number of piperidine rings is 1. The highest BCUT2D eigenvalue weighted by Crippen LogP contribution is 2.41. The highest BCUT2D eigenvalue weighted by molar-refractivity contribution is 7.16. The van der Waals surface area contributed by atoms with Crippen LogP contribution < -0.4 is 15.0 Å². The van der Waals surface area contributed by atoms with Crippen molar-refractivity contribution in [3.8, 4) is 17.0 Å². The molecule has 3 N–H and O–H groups in total. The number of likely N-dealkylation sites (tertiary alicyclic amines) is 1. The van der Waals surface area contributed by atoms with Crippen molar-refractivity contribution in [3.63, 3.8) is 0 Å². The number of carbonyl (C=O) groups excluding carboxylic acids is 1. The van der Waals surface area contributed by atoms with Crippen LogP contribution in [0.1, 0.15) is 40.2 Å². The number of hydrogen-bond donors (Lipinski definition) is 3. The number of aliphatic hydroxyl groups excluding tert-OH is 1. The molecular weight excluding hydrogens is 630 g/mol. The van der Waals surface area contributed by atoms with E-state index in [1.165, 1.54) is 18.5 Å². The largest absolute Gasteiger partial charge is 0.496 e. The Morgan fingerprint density at radius 3 is 2.40 bits per heavy atom. The minimum Gasteiger partial charge on any atom is -0.496 e. The molecule has 1 aromatic carbocycles. The van der Waals surface area contributed by atoms with Gasteiger partial charge in [0.15, 0.2) is 11.4 Å². The van der Waals surface area contributed by atoms with Crippen molar-refractivity contribution in [2.75, 3.05) is 43.5 Å². The molecule has 2 aliphatic heterocycles. The number of ether oxygens (including phenoxy) is 1. The molecular formula is C28H30F6N6O4S. The maximum atomic E-state index is 13.8. The molecule has 45 heavy (non-hydrogen) atoms. The number of rotatable bonds is 8. The Labute approximate surface area is 257 Å². The van der Waals surface area contributed by atoms with Gasteiger partial charge in [0, 0.05) is 42.5 Å². The molecule has 3 aromatic rings. The third-order valence-electron chi connectivity index (χ3n) is 7.95. The molecule has 1 unspecified atom stereocenters. The van der Waals surface area contributed by atoms with Gasteiger partial charge in [0.05, 0.1) is 36.7 Å². The first kappa shape index (κ1) is 32.8. The zero-order valence-corrected chi connectivity index (χ0v) is 24.7. The van der Waals surface area contributed by atoms with Crippen LogP contribution in [0.5, 0.6) is 5.75 Å². The van der Waals surface area contributed by atoms with Gasteiger partial charge >= 0.3 is 12.4 Å². The molecule has 0 radical (unpaired) electrons. The molecule has 5 rings (SSSR count). The van der Waals surface area contributed by atoms with Crippen LogP contribution in [-0.2, 0) is 12.7 Å². The molecule has 2 aliphatic rings. The first-order valence-electron chi connectivity index (χ1n) is 14.0. The average Bonchev–Trinajstić information content (AvgIpc) is 3.64. The first-order valence-corrected chi connectivity index (χ1v) is 14.8. The van der Waals surface area contributed by atoms with Crippen LogP contribution in [0.15, 0.2) is 30.6 Å². The quantitative estimate of drug-likeness (QED) is 0.231. The predicted molar refractivity (Wildman–Crippen MR) is 152 cm³/mol. The van der Waals surface area contributed by atoms with Gasteiger partial charge in [-0.2, -0.15) is 26.3 Å². The van der Waals surface area contributed by atoms with Gasteiger partial charge in [-0.3, -0.25) is 15.0 Å². The number of aliphatic hydroxyl groups is 2. The number of hydrogen-bond acceptors (Lipinski definition) is 10. The lowest BCUT2D eigenvalue weighted by molar-refractivity contribution is -0.170. The zero-order chi connectivity index (χ0) is 32.5. The fourth-order valence-electron chi connectivity index (χ4n) is 5.45. The second-order valence-electron chi connectivity index (χ2n) is 10.9. The average molecular weight is 661 g/mol. The summed E-state index contributed by atoms with van der Waals surface area (Å²) in [6.45, 7) is 0.908. The molecule has 17 heteroatoms. The molecule has 0 bridgehead atoms. The minimum absolute atomic E-state index is 0.0126. The van der Waals surface area contributed by atoms with Crippen molar-refractivity contribution < 1.29 is 46.1 Å². The lowest BCUT2D eigenvalue weighted by Crippen LogP contribution is -2.38. The van der Waals surface area contributed by atoms with Crippen molar-refractivity contribution >= 4 is 28.2 Å². The summed E-state index contributed by atoms with van der Waals surface area (Å²) >= 11 is 0.949. The molecule has 10 nitrogen and oxygen atoms in total. The molecule has 2 fully saturated rings. The van der Waals surface area contributed by atoms with Crippen LogP contribution in [0.25, 0.3) is 11.3 Å². The third-order valence-corrected chi connectivity index (χ3v) is 8.91. The Bertz CT molecular complexity index is 1490. The summed E-state index contributed by atoms with van der Waals surface area (Å²) in [4.78, 5) is 29.7. The van der Waals surface area contributed by atoms with E-state index >= 15 is 0 Å². The lowest BCUT2D eigenvalue weighted by atomic mass is 9.96. The summed E-state index contributed by atoms with van der Waals surface area (Å²) in [5.74, 6) is -2.34. The Kier molecular flexibility index (Phi) is 9.53. The normalized spacial score (nSPS) is 18.5. The molecule has 2 saturated heterocycles. The summed E-state index contributed by atoms with van der Waals surface area (Å²) in [7, 11) is 1.11. The van der Waals surface area contributed by atoms with Gasteiger partial charge in [0.2, 0.25) is 0 Å². The number of benzene rings is 1. The van der Waals surface area contributed by atoms with Gasteiger partial charge < -0.3 is 19.8 Å². The zero-order valence-electron chi connectivity index (χ0n) is 23.9. The Morgan fingerprint density at radius 2 is 1.82 bits per heavy atom. The van der Waals surface area contributed by atoms with Crippen molar-refractivity contribution in [1.82, 2.24) is 19.9 Å². The van der Waals surface area contributed by atoms with Crippen LogP contribution in [0.3, 0.4) is 0 Å². The van der Waals surface area contributed by atoms with Gasteiger partial charge in [-0.05, 0) is 44.0 Å². The SMILES string of the molecule is COc1ccc(-c2nc(NC(=O)c3cnc(N4CCC(C(O)O)CC4)cn3)sc2CN2CCC(C(F)(F)F)C2)cc1C(F)(F)F. The van der Waals surface area contributed by atoms with E-state index in [0.717, 1.165) is 30.6 Å². The van der Waals surface area contributed by atoms with Crippen LogP contribution >= 0.6 is 11.3 Å². The number of methoxy groups -OCH3 is 1. The summed E-state index contributed by atoms with van der Waals surface area (Å²) in [6, 6.07) is 3.37. The molecule has 1 atom stereocenters. The first-order chi connectivity index (χ1) is 21.2. The van der Waals surface area contributed by atoms with Gasteiger partial charge in [-0.15, -0.1) is 0 Å². The third kappa shape index (κ3) is 7.65. The van der Waals surface area contributed by atoms with E-state index in [9.17, 15) is 41.4 Å². The van der Waals surface area contributed by atoms with E-state index in [1.807, 2.05) is 4.90 Å². The van der Waals surface area contributed by atoms with Crippen molar-refractivity contribution in [2.45, 2.75) is 44.4 Å². The predicted octanol–water partition coefficient (Wildman–Crippen LogP) is 4.79. The van der Waals surface area contributed by atoms with Gasteiger partial charge in [0.25, 0.3) is 5.91 Å². The number of thiazole rings is 1. The number of amides is 1. The van der Waals surface area contributed by atoms with Crippen LogP contribution in [0.4, 0.5) is 37.3 Å². The van der Waals surface area contributed by atoms with Crippen molar-refractivity contribution in [3.05, 3.63) is 46.7 Å². The summed E-state index contributed by atoms with van der Waals surface area (Å²) < 4.78 is 86.1. The van der Waals surface area contributed by atoms with Crippen molar-refractivity contribution in [2.24, 2.45) is 11.8 Å². The van der Waals surface area contributed by atoms with E-state index in [1.54, 1.807) is 4.90 Å². The summed E-state index contributed by atoms with van der Waals surface area (Å²) in [5, 5.41) is 21.4. The highest BCUT2D eigenvalue weighted by Gasteiger charge is 2.43. The number of alkyl halides is 6. The van der Waals surface area contributed by atoms with E-state index < -0.39 is 41.8 Å². The summed E-state index contributed by atoms with van der Waals surface area (Å²) in [5.41, 5.74) is -0.952. The topological polar surface area (TPSA) is 124 Å². The maximum absolute atomic E-state index is 13.8. The number of nitrogens with zero attached hydrogens (tertiary/aromatic N) is 5. The molecule has 4 heterocycles. The molecule has 0 saturated carbocycles. The second-order valence-corrected chi connectivity index (χ2v) is 12.0.